The van der Waals surface area contributed by atoms with Crippen molar-refractivity contribution >= 4 is 11.3 Å². The second-order valence-corrected chi connectivity index (χ2v) is 4.32. The van der Waals surface area contributed by atoms with Gasteiger partial charge in [0.2, 0.25) is 0 Å². The van der Waals surface area contributed by atoms with Crippen molar-refractivity contribution in [1.82, 2.24) is 5.32 Å². The molecule has 4 heteroatoms. The molecule has 1 aromatic rings. The highest BCUT2D eigenvalue weighted by Gasteiger charge is 2.17. The van der Waals surface area contributed by atoms with E-state index in [0.717, 1.165) is 32.9 Å². The second-order valence-electron chi connectivity index (χ2n) is 3.29. The molecule has 14 heavy (non-hydrogen) atoms. The highest BCUT2D eigenvalue weighted by Crippen LogP contribution is 2.07. The minimum absolute atomic E-state index is 0.346. The van der Waals surface area contributed by atoms with Gasteiger partial charge in [-0.15, -0.1) is 11.3 Å². The first-order chi connectivity index (χ1) is 6.95. The Morgan fingerprint density at radius 2 is 2.50 bits per heavy atom. The van der Waals surface area contributed by atoms with Crippen LogP contribution in [0.25, 0.3) is 0 Å². The molecule has 1 saturated heterocycles. The van der Waals surface area contributed by atoms with E-state index in [4.69, 9.17) is 9.47 Å². The van der Waals surface area contributed by atoms with Crippen LogP contribution in [0.3, 0.4) is 0 Å². The van der Waals surface area contributed by atoms with Crippen LogP contribution in [0.2, 0.25) is 0 Å². The lowest BCUT2D eigenvalue weighted by Gasteiger charge is -2.25. The van der Waals surface area contributed by atoms with Crippen LogP contribution in [0.4, 0.5) is 0 Å². The Labute approximate surface area is 88.0 Å². The van der Waals surface area contributed by atoms with Crippen molar-refractivity contribution in [2.24, 2.45) is 0 Å². The molecule has 0 amide bonds. The molecule has 0 unspecified atom stereocenters. The van der Waals surface area contributed by atoms with E-state index < -0.39 is 0 Å². The Bertz CT molecular complexity index is 247. The summed E-state index contributed by atoms with van der Waals surface area (Å²) in [6.07, 6.45) is 0.346. The van der Waals surface area contributed by atoms with Gasteiger partial charge in [0, 0.05) is 18.0 Å². The molecule has 3 nitrogen and oxygen atoms in total. The summed E-state index contributed by atoms with van der Waals surface area (Å²) in [5.41, 5.74) is 0. The molecule has 2 heterocycles. The third kappa shape index (κ3) is 3.06. The molecule has 1 N–H and O–H groups in total. The molecule has 1 aliphatic heterocycles. The van der Waals surface area contributed by atoms with Gasteiger partial charge in [0.05, 0.1) is 19.8 Å². The van der Waals surface area contributed by atoms with Gasteiger partial charge in [-0.25, -0.2) is 0 Å². The highest BCUT2D eigenvalue weighted by atomic mass is 32.1. The number of hydrogen-bond acceptors (Lipinski definition) is 4. The number of ether oxygens (including phenoxy) is 2. The van der Waals surface area contributed by atoms with E-state index in [9.17, 15) is 0 Å². The maximum absolute atomic E-state index is 5.51. The van der Waals surface area contributed by atoms with Crippen LogP contribution in [0.1, 0.15) is 4.88 Å². The van der Waals surface area contributed by atoms with Crippen molar-refractivity contribution in [3.05, 3.63) is 22.4 Å². The predicted molar refractivity (Wildman–Crippen MR) is 56.6 cm³/mol. The predicted octanol–water partition coefficient (Wildman–Crippen LogP) is 1.25. The molecule has 1 aliphatic rings. The molecule has 0 atom stereocenters. The Morgan fingerprint density at radius 3 is 3.14 bits per heavy atom. The largest absolute Gasteiger partial charge is 0.376 e. The molecule has 0 bridgehead atoms. The molecule has 0 saturated carbocycles. The lowest BCUT2D eigenvalue weighted by molar-refractivity contribution is -0.128. The molecule has 0 aliphatic carbocycles. The average Bonchev–Trinajstić information content (AvgIpc) is 2.60. The van der Waals surface area contributed by atoms with Gasteiger partial charge in [0.25, 0.3) is 0 Å². The van der Waals surface area contributed by atoms with Crippen LogP contribution in [-0.2, 0) is 16.0 Å². The molecule has 78 valence electrons. The Kier molecular flexibility index (Phi) is 3.94. The summed E-state index contributed by atoms with van der Waals surface area (Å²) in [5, 5.41) is 5.43. The van der Waals surface area contributed by atoms with Gasteiger partial charge < -0.3 is 14.8 Å². The zero-order chi connectivity index (χ0) is 9.64. The smallest absolute Gasteiger partial charge is 0.104 e. The first-order valence-electron chi connectivity index (χ1n) is 4.87. The summed E-state index contributed by atoms with van der Waals surface area (Å²) in [6, 6.07) is 4.21. The van der Waals surface area contributed by atoms with Crippen molar-refractivity contribution in [3.63, 3.8) is 0 Å². The monoisotopic (exact) mass is 213 g/mol. The molecule has 2 rings (SSSR count). The summed E-state index contributed by atoms with van der Waals surface area (Å²) in [4.78, 5) is 1.37. The first kappa shape index (κ1) is 10.1. The number of thiophene rings is 1. The maximum atomic E-state index is 5.51. The molecular formula is C10H15NO2S. The Hall–Kier alpha value is -0.420. The lowest BCUT2D eigenvalue weighted by atomic mass is 10.3. The number of hydrogen-bond donors (Lipinski definition) is 1. The molecular weight excluding hydrogens is 198 g/mol. The van der Waals surface area contributed by atoms with Crippen LogP contribution in [0, 0.1) is 0 Å². The van der Waals surface area contributed by atoms with Crippen LogP contribution in [-0.4, -0.2) is 32.5 Å². The fourth-order valence-electron chi connectivity index (χ4n) is 1.23. The van der Waals surface area contributed by atoms with E-state index in [1.165, 1.54) is 4.88 Å². The quantitative estimate of drug-likeness (QED) is 0.721. The minimum atomic E-state index is 0.346. The summed E-state index contributed by atoms with van der Waals surface area (Å²) >= 11 is 1.78. The normalized spacial score (nSPS) is 16.9. The van der Waals surface area contributed by atoms with Crippen molar-refractivity contribution < 1.29 is 9.47 Å². The van der Waals surface area contributed by atoms with Gasteiger partial charge in [-0.1, -0.05) is 6.07 Å². The summed E-state index contributed by atoms with van der Waals surface area (Å²) < 4.78 is 10.5. The standard InChI is InChI=1S/C10H15NO2S/c1-2-10(14-5-1)6-11-3-4-13-9-7-12-8-9/h1-2,5,9,11H,3-4,6-8H2. The minimum Gasteiger partial charge on any atom is -0.376 e. The van der Waals surface area contributed by atoms with Crippen molar-refractivity contribution in [2.45, 2.75) is 12.6 Å². The van der Waals surface area contributed by atoms with Gasteiger partial charge in [0.15, 0.2) is 0 Å². The third-order valence-corrected chi connectivity index (χ3v) is 3.00. The topological polar surface area (TPSA) is 30.5 Å². The van der Waals surface area contributed by atoms with Gasteiger partial charge >= 0.3 is 0 Å². The number of rotatable bonds is 6. The molecule has 0 radical (unpaired) electrons. The molecule has 1 aromatic heterocycles. The lowest BCUT2D eigenvalue weighted by Crippen LogP contribution is -2.37. The van der Waals surface area contributed by atoms with E-state index in [-0.39, 0.29) is 0 Å². The Morgan fingerprint density at radius 1 is 1.57 bits per heavy atom. The summed E-state index contributed by atoms with van der Waals surface area (Å²) in [5.74, 6) is 0. The van der Waals surface area contributed by atoms with Crippen molar-refractivity contribution in [2.75, 3.05) is 26.4 Å². The molecule has 1 fully saturated rings. The Balaban J connectivity index is 1.47. The van der Waals surface area contributed by atoms with Gasteiger partial charge in [-0.3, -0.25) is 0 Å². The summed E-state index contributed by atoms with van der Waals surface area (Å²) in [6.45, 7) is 4.17. The van der Waals surface area contributed by atoms with E-state index >= 15 is 0 Å². The van der Waals surface area contributed by atoms with Crippen molar-refractivity contribution in [1.29, 1.82) is 0 Å². The van der Waals surface area contributed by atoms with Gasteiger partial charge in [0.1, 0.15) is 6.10 Å². The first-order valence-corrected chi connectivity index (χ1v) is 5.75. The zero-order valence-corrected chi connectivity index (χ0v) is 8.89. The number of nitrogens with one attached hydrogen (secondary N) is 1. The summed E-state index contributed by atoms with van der Waals surface area (Å²) in [7, 11) is 0. The second kappa shape index (κ2) is 5.46. The van der Waals surface area contributed by atoms with E-state index in [0.29, 0.717) is 6.10 Å². The van der Waals surface area contributed by atoms with E-state index in [2.05, 4.69) is 22.8 Å². The average molecular weight is 213 g/mol. The highest BCUT2D eigenvalue weighted by molar-refractivity contribution is 7.09. The maximum Gasteiger partial charge on any atom is 0.104 e. The van der Waals surface area contributed by atoms with Crippen LogP contribution in [0.15, 0.2) is 17.5 Å². The zero-order valence-electron chi connectivity index (χ0n) is 8.07. The van der Waals surface area contributed by atoms with Crippen LogP contribution < -0.4 is 5.32 Å². The molecule has 0 aromatic carbocycles. The fraction of sp³-hybridized carbons (Fsp3) is 0.600. The van der Waals surface area contributed by atoms with Crippen LogP contribution in [0.5, 0.6) is 0 Å². The third-order valence-electron chi connectivity index (χ3n) is 2.12. The SMILES string of the molecule is c1csc(CNCCOC2COC2)c1. The van der Waals surface area contributed by atoms with Gasteiger partial charge in [-0.2, -0.15) is 0 Å². The van der Waals surface area contributed by atoms with E-state index in [1.54, 1.807) is 11.3 Å². The van der Waals surface area contributed by atoms with Crippen molar-refractivity contribution in [3.8, 4) is 0 Å². The van der Waals surface area contributed by atoms with E-state index in [1.807, 2.05) is 0 Å². The fourth-order valence-corrected chi connectivity index (χ4v) is 1.91. The van der Waals surface area contributed by atoms with Crippen LogP contribution >= 0.6 is 11.3 Å². The van der Waals surface area contributed by atoms with Gasteiger partial charge in [-0.05, 0) is 11.4 Å². The molecule has 0 spiro atoms.